The summed E-state index contributed by atoms with van der Waals surface area (Å²) in [4.78, 5) is 44.7. The molecule has 42 heavy (non-hydrogen) atoms. The van der Waals surface area contributed by atoms with Crippen LogP contribution >= 0.6 is 7.82 Å². The SMILES string of the molecule is Nc1nc2c(ncn2[C@@H]2O[C@H](CO)C(O)C2OP(=O)(O)OC[C@H]2O[C@@H](n3cnc4c(N)ncnc43)C(F)[C@H]2O)c(=O)[nH]1. The second-order valence-corrected chi connectivity index (χ2v) is 10.8. The number of alkyl halides is 1. The third-order valence-electron chi connectivity index (χ3n) is 6.83. The first kappa shape index (κ1) is 28.5. The second kappa shape index (κ2) is 10.6. The monoisotopic (exact) mass is 614 g/mol. The van der Waals surface area contributed by atoms with Crippen molar-refractivity contribution in [2.45, 2.75) is 49.1 Å². The molecule has 0 radical (unpaired) electrons. The number of hydrogen-bond donors (Lipinski definition) is 7. The van der Waals surface area contributed by atoms with Gasteiger partial charge in [-0.1, -0.05) is 0 Å². The second-order valence-electron chi connectivity index (χ2n) is 9.43. The van der Waals surface area contributed by atoms with Crippen LogP contribution in [-0.2, 0) is 23.1 Å². The molecule has 2 aliphatic rings. The van der Waals surface area contributed by atoms with Gasteiger partial charge in [-0.3, -0.25) is 28.0 Å². The van der Waals surface area contributed by atoms with Crippen molar-refractivity contribution in [1.82, 2.24) is 39.0 Å². The van der Waals surface area contributed by atoms with Crippen LogP contribution in [-0.4, -0.2) is 109 Å². The molecular formula is C20H24FN10O10P. The van der Waals surface area contributed by atoms with Gasteiger partial charge in [0.25, 0.3) is 5.56 Å². The fraction of sp³-hybridized carbons (Fsp3) is 0.500. The van der Waals surface area contributed by atoms with Gasteiger partial charge in [0.15, 0.2) is 41.3 Å². The number of halogens is 1. The number of phosphoric ester groups is 1. The van der Waals surface area contributed by atoms with Crippen molar-refractivity contribution in [2.75, 3.05) is 24.7 Å². The Labute approximate surface area is 232 Å². The number of fused-ring (bicyclic) bond motifs is 2. The Morgan fingerprint density at radius 3 is 2.45 bits per heavy atom. The van der Waals surface area contributed by atoms with Gasteiger partial charge in [0.05, 0.1) is 25.9 Å². The number of aromatic amines is 1. The standard InChI is InChI=1S/C20H24FN10O10P/c21-8-11(33)7(40-18(8)30-4-26-9-14(22)24-3-25-15(9)30)2-38-42(36,37)41-13-12(34)6(1-32)39-19(13)31-5-27-10-16(31)28-20(23)29-17(10)35/h3-8,11-13,18-19,32-34H,1-2H2,(H,36,37)(H2,22,24,25)(H3,23,28,29,35)/t6-,7-,8?,11+,12?,13?,18-,19-/m1/s1. The van der Waals surface area contributed by atoms with Crippen molar-refractivity contribution in [3.05, 3.63) is 29.3 Å². The molecule has 9 atom stereocenters. The van der Waals surface area contributed by atoms with Crippen LogP contribution in [0, 0.1) is 0 Å². The molecular weight excluding hydrogens is 590 g/mol. The highest BCUT2D eigenvalue weighted by molar-refractivity contribution is 7.47. The van der Waals surface area contributed by atoms with E-state index in [-0.39, 0.29) is 34.1 Å². The average Bonchev–Trinajstić information content (AvgIpc) is 3.69. The summed E-state index contributed by atoms with van der Waals surface area (Å²) in [5.74, 6) is -0.222. The van der Waals surface area contributed by atoms with E-state index in [1.807, 2.05) is 0 Å². The van der Waals surface area contributed by atoms with Crippen molar-refractivity contribution in [3.8, 4) is 0 Å². The largest absolute Gasteiger partial charge is 0.472 e. The van der Waals surface area contributed by atoms with Crippen molar-refractivity contribution in [2.24, 2.45) is 0 Å². The van der Waals surface area contributed by atoms with E-state index in [4.69, 9.17) is 30.0 Å². The molecule has 0 saturated carbocycles. The van der Waals surface area contributed by atoms with Gasteiger partial charge in [-0.2, -0.15) is 4.98 Å². The maximum absolute atomic E-state index is 15.1. The molecule has 0 amide bonds. The Morgan fingerprint density at radius 1 is 1.02 bits per heavy atom. The van der Waals surface area contributed by atoms with Crippen molar-refractivity contribution in [3.63, 3.8) is 0 Å². The number of nitrogens with zero attached hydrogens (tertiary/aromatic N) is 7. The van der Waals surface area contributed by atoms with Gasteiger partial charge in [0.1, 0.15) is 42.4 Å². The molecule has 6 rings (SSSR count). The molecule has 2 saturated heterocycles. The summed E-state index contributed by atoms with van der Waals surface area (Å²) in [5, 5.41) is 30.7. The number of nitrogens with two attached hydrogens (primary N) is 2. The Morgan fingerprint density at radius 2 is 1.71 bits per heavy atom. The van der Waals surface area contributed by atoms with Gasteiger partial charge in [-0.05, 0) is 0 Å². The molecule has 226 valence electrons. The minimum Gasteiger partial charge on any atom is -0.394 e. The number of anilines is 2. The molecule has 4 aromatic heterocycles. The maximum atomic E-state index is 15.1. The lowest BCUT2D eigenvalue weighted by atomic mass is 10.1. The van der Waals surface area contributed by atoms with E-state index in [2.05, 4.69) is 29.9 Å². The molecule has 2 aliphatic heterocycles. The van der Waals surface area contributed by atoms with Gasteiger partial charge in [-0.15, -0.1) is 0 Å². The summed E-state index contributed by atoms with van der Waals surface area (Å²) >= 11 is 0. The Balaban J connectivity index is 1.19. The fourth-order valence-corrected chi connectivity index (χ4v) is 5.74. The van der Waals surface area contributed by atoms with E-state index in [0.29, 0.717) is 0 Å². The van der Waals surface area contributed by atoms with E-state index in [1.54, 1.807) is 0 Å². The fourth-order valence-electron chi connectivity index (χ4n) is 4.81. The number of H-pyrrole nitrogens is 1. The first-order valence-electron chi connectivity index (χ1n) is 12.2. The van der Waals surface area contributed by atoms with E-state index in [0.717, 1.165) is 17.2 Å². The minimum atomic E-state index is -5.10. The van der Waals surface area contributed by atoms with Crippen LogP contribution in [0.1, 0.15) is 12.5 Å². The van der Waals surface area contributed by atoms with Crippen LogP contribution < -0.4 is 17.0 Å². The minimum absolute atomic E-state index is 0.0421. The molecule has 0 aromatic carbocycles. The third kappa shape index (κ3) is 4.79. The van der Waals surface area contributed by atoms with Gasteiger partial charge in [-0.25, -0.2) is 28.9 Å². The zero-order chi connectivity index (χ0) is 29.9. The van der Waals surface area contributed by atoms with E-state index >= 15 is 4.39 Å². The molecule has 9 N–H and O–H groups in total. The number of rotatable bonds is 8. The van der Waals surface area contributed by atoms with Crippen LogP contribution in [0.15, 0.2) is 23.8 Å². The number of ether oxygens (including phenoxy) is 2. The predicted molar refractivity (Wildman–Crippen MR) is 135 cm³/mol. The predicted octanol–water partition coefficient (Wildman–Crippen LogP) is -2.53. The average molecular weight is 614 g/mol. The zero-order valence-corrected chi connectivity index (χ0v) is 22.0. The quantitative estimate of drug-likeness (QED) is 0.101. The number of aliphatic hydroxyl groups excluding tert-OH is 3. The number of nitrogen functional groups attached to an aromatic ring is 2. The molecule has 20 nitrogen and oxygen atoms in total. The van der Waals surface area contributed by atoms with Crippen LogP contribution in [0.4, 0.5) is 16.2 Å². The topological polar surface area (TPSA) is 294 Å². The molecule has 0 bridgehead atoms. The summed E-state index contributed by atoms with van der Waals surface area (Å²) in [7, 11) is -5.10. The van der Waals surface area contributed by atoms with E-state index in [1.165, 1.54) is 10.9 Å². The molecule has 2 fully saturated rings. The first-order valence-corrected chi connectivity index (χ1v) is 13.7. The van der Waals surface area contributed by atoms with Gasteiger partial charge < -0.3 is 41.2 Å². The smallest absolute Gasteiger partial charge is 0.394 e. The van der Waals surface area contributed by atoms with Crippen molar-refractivity contribution >= 4 is 41.9 Å². The molecule has 4 aromatic rings. The highest BCUT2D eigenvalue weighted by Gasteiger charge is 2.51. The highest BCUT2D eigenvalue weighted by Crippen LogP contribution is 2.50. The molecule has 0 spiro atoms. The van der Waals surface area contributed by atoms with Crippen LogP contribution in [0.2, 0.25) is 0 Å². The lowest BCUT2D eigenvalue weighted by Gasteiger charge is -2.24. The maximum Gasteiger partial charge on any atom is 0.472 e. The van der Waals surface area contributed by atoms with Gasteiger partial charge >= 0.3 is 7.82 Å². The number of nitrogens with one attached hydrogen (secondary N) is 1. The van der Waals surface area contributed by atoms with Gasteiger partial charge in [0, 0.05) is 0 Å². The number of aliphatic hydroxyl groups is 3. The highest BCUT2D eigenvalue weighted by atomic mass is 31.2. The van der Waals surface area contributed by atoms with Gasteiger partial charge in [0.2, 0.25) is 5.95 Å². The van der Waals surface area contributed by atoms with Crippen molar-refractivity contribution < 1.29 is 47.7 Å². The third-order valence-corrected chi connectivity index (χ3v) is 7.81. The number of aromatic nitrogens is 8. The van der Waals surface area contributed by atoms with Crippen LogP contribution in [0.25, 0.3) is 22.3 Å². The van der Waals surface area contributed by atoms with Crippen LogP contribution in [0.5, 0.6) is 0 Å². The van der Waals surface area contributed by atoms with Crippen LogP contribution in [0.3, 0.4) is 0 Å². The number of hydrogen-bond acceptors (Lipinski definition) is 16. The Hall–Kier alpha value is -3.66. The Kier molecular flexibility index (Phi) is 7.15. The van der Waals surface area contributed by atoms with E-state index < -0.39 is 75.7 Å². The normalized spacial score (nSPS) is 31.3. The lowest BCUT2D eigenvalue weighted by Crippen LogP contribution is -2.35. The zero-order valence-electron chi connectivity index (χ0n) is 21.1. The summed E-state index contributed by atoms with van der Waals surface area (Å²) in [6.07, 6.45) is -9.34. The van der Waals surface area contributed by atoms with Crippen molar-refractivity contribution in [1.29, 1.82) is 0 Å². The lowest BCUT2D eigenvalue weighted by molar-refractivity contribution is -0.0600. The molecule has 6 heterocycles. The first-order chi connectivity index (χ1) is 20.0. The number of imidazole rings is 2. The summed E-state index contributed by atoms with van der Waals surface area (Å²) in [5.41, 5.74) is 10.7. The van der Waals surface area contributed by atoms with E-state index in [9.17, 15) is 29.6 Å². The summed E-state index contributed by atoms with van der Waals surface area (Å²) in [6, 6.07) is 0. The number of phosphoric acid groups is 1. The summed E-state index contributed by atoms with van der Waals surface area (Å²) < 4.78 is 51.7. The Bertz CT molecular complexity index is 1730. The summed E-state index contributed by atoms with van der Waals surface area (Å²) in [6.45, 7) is -1.54. The molecule has 22 heteroatoms. The molecule has 0 aliphatic carbocycles. The molecule has 4 unspecified atom stereocenters.